The average Bonchev–Trinajstić information content (AvgIpc) is 2.58. The van der Waals surface area contributed by atoms with Crippen LogP contribution < -0.4 is 21.6 Å². The minimum Gasteiger partial charge on any atom is -0.347 e. The van der Waals surface area contributed by atoms with Crippen molar-refractivity contribution in [2.24, 2.45) is 0 Å². The first-order chi connectivity index (χ1) is 13.2. The topological polar surface area (TPSA) is 174 Å². The lowest BCUT2D eigenvalue weighted by Crippen LogP contribution is -2.61. The van der Waals surface area contributed by atoms with Gasteiger partial charge in [-0.15, -0.1) is 0 Å². The molecular formula is C16H31N5O7S. The summed E-state index contributed by atoms with van der Waals surface area (Å²) < 4.78 is 29.5. The molecule has 0 saturated carbocycles. The van der Waals surface area contributed by atoms with E-state index < -0.39 is 27.3 Å². The highest BCUT2D eigenvalue weighted by molar-refractivity contribution is 7.85. The lowest BCUT2D eigenvalue weighted by Gasteiger charge is -2.23. The summed E-state index contributed by atoms with van der Waals surface area (Å²) in [5.74, 6) is -1.94. The first-order valence-electron chi connectivity index (χ1n) is 8.77. The third-order valence-electron chi connectivity index (χ3n) is 2.86. The zero-order valence-electron chi connectivity index (χ0n) is 17.4. The number of carbonyl (C=O) groups is 4. The lowest BCUT2D eigenvalue weighted by molar-refractivity contribution is -0.142. The van der Waals surface area contributed by atoms with E-state index in [-0.39, 0.29) is 37.0 Å². The largest absolute Gasteiger partial charge is 0.347 e. The van der Waals surface area contributed by atoms with E-state index >= 15 is 0 Å². The van der Waals surface area contributed by atoms with Crippen LogP contribution in [0.15, 0.2) is 12.7 Å². The second kappa shape index (κ2) is 13.6. The van der Waals surface area contributed by atoms with E-state index in [2.05, 4.69) is 28.2 Å². The molecule has 29 heavy (non-hydrogen) atoms. The predicted octanol–water partition coefficient (Wildman–Crippen LogP) is -0.433. The summed E-state index contributed by atoms with van der Waals surface area (Å²) in [6, 6.07) is 0. The molecule has 0 rings (SSSR count). The molecule has 0 fully saturated rings. The van der Waals surface area contributed by atoms with Crippen LogP contribution in [-0.2, 0) is 29.3 Å². The summed E-state index contributed by atoms with van der Waals surface area (Å²) in [5, 5.41) is 3.26. The van der Waals surface area contributed by atoms with Crippen molar-refractivity contribution < 1.29 is 32.1 Å². The molecular weight excluding hydrogens is 406 g/mol. The molecule has 12 nitrogen and oxygen atoms in total. The molecule has 0 aliphatic heterocycles. The highest BCUT2D eigenvalue weighted by Gasteiger charge is 2.25. The van der Waals surface area contributed by atoms with E-state index in [1.54, 1.807) is 20.8 Å². The molecule has 4 amide bonds. The third kappa shape index (κ3) is 17.3. The van der Waals surface area contributed by atoms with Crippen molar-refractivity contribution in [1.82, 2.24) is 26.8 Å². The molecule has 0 unspecified atom stereocenters. The van der Waals surface area contributed by atoms with Gasteiger partial charge in [0.15, 0.2) is 0 Å². The van der Waals surface area contributed by atoms with Crippen LogP contribution >= 0.6 is 0 Å². The zero-order chi connectivity index (χ0) is 23.3. The van der Waals surface area contributed by atoms with E-state index in [4.69, 9.17) is 4.55 Å². The molecule has 0 saturated heterocycles. The highest BCUT2D eigenvalue weighted by Crippen LogP contribution is 2.05. The van der Waals surface area contributed by atoms with Crippen LogP contribution in [-0.4, -0.2) is 53.1 Å². The molecule has 0 aromatic carbocycles. The first-order valence-corrected chi connectivity index (χ1v) is 10.4. The standard InChI is InChI=1S/C9H18N4O3.C7H13NO4S/c1-4-7(14)10-13(11-8(15)5-2)12-9(16)6-3;1-4-6(9)8-7(2,3)5-13(10,11)12/h4-6H2,1-3H3,(H,10,14)(H,11,15)(H,12,16);4H,1,5H2,2-3H3,(H,8,9)(H,10,11,12). The SMILES string of the molecule is C=CC(=O)NC(C)(C)CS(=O)(=O)O.CCC(=O)NN(NC(=O)CC)NC(=O)CC. The quantitative estimate of drug-likeness (QED) is 0.174. The summed E-state index contributed by atoms with van der Waals surface area (Å²) in [4.78, 5) is 44.1. The van der Waals surface area contributed by atoms with Gasteiger partial charge in [-0.3, -0.25) is 40.0 Å². The Balaban J connectivity index is 0. The Kier molecular flexibility index (Phi) is 13.5. The monoisotopic (exact) mass is 437 g/mol. The van der Waals surface area contributed by atoms with Crippen molar-refractivity contribution in [2.75, 3.05) is 5.75 Å². The van der Waals surface area contributed by atoms with E-state index in [1.165, 1.54) is 13.8 Å². The number of nitrogens with zero attached hydrogens (tertiary/aromatic N) is 1. The van der Waals surface area contributed by atoms with Gasteiger partial charge in [0.25, 0.3) is 10.1 Å². The summed E-state index contributed by atoms with van der Waals surface area (Å²) in [6.45, 7) is 11.2. The lowest BCUT2D eigenvalue weighted by atomic mass is 10.1. The smallest absolute Gasteiger partial charge is 0.267 e. The Morgan fingerprint density at radius 3 is 1.52 bits per heavy atom. The predicted molar refractivity (Wildman–Crippen MR) is 106 cm³/mol. The summed E-state index contributed by atoms with van der Waals surface area (Å²) >= 11 is 0. The van der Waals surface area contributed by atoms with E-state index in [9.17, 15) is 27.6 Å². The van der Waals surface area contributed by atoms with Gasteiger partial charge >= 0.3 is 0 Å². The van der Waals surface area contributed by atoms with Crippen molar-refractivity contribution in [3.8, 4) is 0 Å². The fourth-order valence-electron chi connectivity index (χ4n) is 1.57. The van der Waals surface area contributed by atoms with Crippen LogP contribution in [0.3, 0.4) is 0 Å². The molecule has 0 aromatic heterocycles. The molecule has 0 atom stereocenters. The maximum atomic E-state index is 11.1. The average molecular weight is 438 g/mol. The molecule has 0 spiro atoms. The Hall–Kier alpha value is -2.51. The van der Waals surface area contributed by atoms with Gasteiger partial charge in [0, 0.05) is 19.3 Å². The minimum absolute atomic E-state index is 0.250. The number of hydrogen-bond acceptors (Lipinski definition) is 7. The van der Waals surface area contributed by atoms with Crippen molar-refractivity contribution in [1.29, 1.82) is 0 Å². The van der Waals surface area contributed by atoms with Crippen LogP contribution in [0.2, 0.25) is 0 Å². The summed E-state index contributed by atoms with van der Waals surface area (Å²) in [5.41, 5.74) is 5.98. The van der Waals surface area contributed by atoms with Gasteiger partial charge in [-0.1, -0.05) is 27.4 Å². The molecule has 0 aliphatic carbocycles. The maximum absolute atomic E-state index is 11.1. The molecule has 0 radical (unpaired) electrons. The van der Waals surface area contributed by atoms with Crippen LogP contribution in [0, 0.1) is 0 Å². The Bertz CT molecular complexity index is 649. The molecule has 5 N–H and O–H groups in total. The van der Waals surface area contributed by atoms with Gasteiger partial charge in [0.05, 0.1) is 11.3 Å². The normalized spacial score (nSPS) is 10.9. The summed E-state index contributed by atoms with van der Waals surface area (Å²) in [6.07, 6.45) is 1.78. The van der Waals surface area contributed by atoms with Gasteiger partial charge < -0.3 is 5.32 Å². The molecule has 0 aliphatic rings. The van der Waals surface area contributed by atoms with Gasteiger partial charge in [-0.2, -0.15) is 8.42 Å². The molecule has 0 heterocycles. The fourth-order valence-corrected chi connectivity index (χ4v) is 2.56. The second-order valence-electron chi connectivity index (χ2n) is 6.30. The van der Waals surface area contributed by atoms with Crippen molar-refractivity contribution in [3.63, 3.8) is 0 Å². The van der Waals surface area contributed by atoms with Gasteiger partial charge in [-0.05, 0) is 25.2 Å². The molecule has 0 bridgehead atoms. The summed E-state index contributed by atoms with van der Waals surface area (Å²) in [7, 11) is -4.08. The Morgan fingerprint density at radius 1 is 0.931 bits per heavy atom. The number of hydrazine groups is 3. The number of rotatable bonds is 10. The number of nitrogens with one attached hydrogen (secondary N) is 4. The maximum Gasteiger partial charge on any atom is 0.267 e. The van der Waals surface area contributed by atoms with Gasteiger partial charge in [0.2, 0.25) is 23.6 Å². The Labute approximate surface area is 171 Å². The van der Waals surface area contributed by atoms with Crippen molar-refractivity contribution >= 4 is 33.7 Å². The van der Waals surface area contributed by atoms with Crippen LogP contribution in [0.1, 0.15) is 53.9 Å². The van der Waals surface area contributed by atoms with E-state index in [0.29, 0.717) is 0 Å². The van der Waals surface area contributed by atoms with Crippen LogP contribution in [0.4, 0.5) is 0 Å². The third-order valence-corrected chi connectivity index (χ3v) is 3.95. The number of amides is 4. The first kappa shape index (κ1) is 28.7. The highest BCUT2D eigenvalue weighted by atomic mass is 32.2. The number of carbonyl (C=O) groups excluding carboxylic acids is 4. The number of hydrogen-bond donors (Lipinski definition) is 5. The molecule has 13 heteroatoms. The zero-order valence-corrected chi connectivity index (χ0v) is 18.2. The molecule has 168 valence electrons. The van der Waals surface area contributed by atoms with Gasteiger partial charge in [-0.25, -0.2) is 0 Å². The van der Waals surface area contributed by atoms with Gasteiger partial charge in [0.1, 0.15) is 0 Å². The van der Waals surface area contributed by atoms with Crippen LogP contribution in [0.5, 0.6) is 0 Å². The van der Waals surface area contributed by atoms with Crippen LogP contribution in [0.25, 0.3) is 0 Å². The van der Waals surface area contributed by atoms with Crippen molar-refractivity contribution in [3.05, 3.63) is 12.7 Å². The molecule has 0 aromatic rings. The Morgan fingerprint density at radius 2 is 1.28 bits per heavy atom. The fraction of sp³-hybridized carbons (Fsp3) is 0.625. The second-order valence-corrected chi connectivity index (χ2v) is 7.76. The van der Waals surface area contributed by atoms with E-state index in [1.807, 2.05) is 0 Å². The minimum atomic E-state index is -4.08. The van der Waals surface area contributed by atoms with E-state index in [0.717, 1.165) is 11.3 Å². The van der Waals surface area contributed by atoms with Crippen molar-refractivity contribution in [2.45, 2.75) is 59.4 Å².